The zero-order valence-corrected chi connectivity index (χ0v) is 14.0. The number of hydrogen-bond donors (Lipinski definition) is 1. The number of esters is 1. The Kier molecular flexibility index (Phi) is 4.92. The van der Waals surface area contributed by atoms with Crippen molar-refractivity contribution in [1.82, 2.24) is 4.98 Å². The van der Waals surface area contributed by atoms with Gasteiger partial charge in [-0.2, -0.15) is 0 Å². The fraction of sp³-hybridized carbons (Fsp3) is 0.188. The molecular weight excluding hydrogens is 348 g/mol. The van der Waals surface area contributed by atoms with Gasteiger partial charge in [0.1, 0.15) is 0 Å². The number of ether oxygens (including phenoxy) is 1. The van der Waals surface area contributed by atoms with E-state index in [0.29, 0.717) is 16.8 Å². The van der Waals surface area contributed by atoms with Crippen molar-refractivity contribution in [2.75, 3.05) is 12.4 Å². The fourth-order valence-electron chi connectivity index (χ4n) is 1.99. The summed E-state index contributed by atoms with van der Waals surface area (Å²) in [7, 11) is 1.33. The highest BCUT2D eigenvalue weighted by molar-refractivity contribution is 9.10. The molecule has 1 aromatic carbocycles. The van der Waals surface area contributed by atoms with Crippen molar-refractivity contribution < 1.29 is 14.3 Å². The first kappa shape index (κ1) is 16.2. The summed E-state index contributed by atoms with van der Waals surface area (Å²) in [5.41, 5.74) is 3.12. The molecule has 0 aliphatic heterocycles. The number of anilines is 1. The predicted molar refractivity (Wildman–Crippen MR) is 87.1 cm³/mol. The Morgan fingerprint density at radius 2 is 1.91 bits per heavy atom. The summed E-state index contributed by atoms with van der Waals surface area (Å²) in [5.74, 6) is -0.728. The van der Waals surface area contributed by atoms with Crippen LogP contribution in [0.25, 0.3) is 0 Å². The molecule has 0 bridgehead atoms. The van der Waals surface area contributed by atoms with Gasteiger partial charge in [-0.25, -0.2) is 4.79 Å². The van der Waals surface area contributed by atoms with Gasteiger partial charge < -0.3 is 10.1 Å². The topological polar surface area (TPSA) is 68.3 Å². The van der Waals surface area contributed by atoms with E-state index in [1.807, 2.05) is 19.9 Å². The Bertz CT molecular complexity index is 744. The summed E-state index contributed by atoms with van der Waals surface area (Å²) in [6.07, 6.45) is 3.07. The van der Waals surface area contributed by atoms with E-state index < -0.39 is 5.97 Å². The van der Waals surface area contributed by atoms with E-state index in [1.165, 1.54) is 13.3 Å². The Morgan fingerprint density at radius 1 is 1.18 bits per heavy atom. The van der Waals surface area contributed by atoms with Crippen LogP contribution in [-0.4, -0.2) is 24.0 Å². The van der Waals surface area contributed by atoms with Gasteiger partial charge in [0.15, 0.2) is 0 Å². The Morgan fingerprint density at radius 3 is 2.55 bits per heavy atom. The summed E-state index contributed by atoms with van der Waals surface area (Å²) in [5, 5.41) is 2.77. The maximum absolute atomic E-state index is 12.2. The van der Waals surface area contributed by atoms with E-state index in [1.54, 1.807) is 18.3 Å². The van der Waals surface area contributed by atoms with Crippen molar-refractivity contribution in [2.24, 2.45) is 0 Å². The molecule has 0 aliphatic rings. The second kappa shape index (κ2) is 6.70. The fourth-order valence-corrected chi connectivity index (χ4v) is 2.36. The van der Waals surface area contributed by atoms with Crippen LogP contribution in [-0.2, 0) is 4.74 Å². The number of carbonyl (C=O) groups excluding carboxylic acids is 2. The molecule has 0 unspecified atom stereocenters. The largest absolute Gasteiger partial charge is 0.465 e. The Balaban J connectivity index is 2.32. The Hall–Kier alpha value is -2.21. The zero-order chi connectivity index (χ0) is 16.3. The molecule has 0 aliphatic carbocycles. The van der Waals surface area contributed by atoms with E-state index in [9.17, 15) is 9.59 Å². The molecule has 0 saturated carbocycles. The first-order valence-corrected chi connectivity index (χ1v) is 7.33. The van der Waals surface area contributed by atoms with Gasteiger partial charge in [0.2, 0.25) is 0 Å². The van der Waals surface area contributed by atoms with Gasteiger partial charge in [-0.15, -0.1) is 0 Å². The molecule has 0 atom stereocenters. The van der Waals surface area contributed by atoms with E-state index >= 15 is 0 Å². The van der Waals surface area contributed by atoms with Gasteiger partial charge in [0, 0.05) is 22.6 Å². The number of aryl methyl sites for hydroxylation is 1. The normalized spacial score (nSPS) is 10.2. The van der Waals surface area contributed by atoms with E-state index in [4.69, 9.17) is 4.74 Å². The lowest BCUT2D eigenvalue weighted by Gasteiger charge is -2.12. The molecular formula is C16H15BrN2O3. The highest BCUT2D eigenvalue weighted by Crippen LogP contribution is 2.21. The molecule has 0 saturated heterocycles. The molecule has 22 heavy (non-hydrogen) atoms. The van der Waals surface area contributed by atoms with E-state index in [0.717, 1.165) is 15.6 Å². The SMILES string of the molecule is COC(=O)c1cc(NC(=O)c2cncc(Br)c2)cc(C)c1C. The van der Waals surface area contributed by atoms with Gasteiger partial charge in [-0.1, -0.05) is 0 Å². The van der Waals surface area contributed by atoms with Crippen molar-refractivity contribution in [3.05, 3.63) is 57.3 Å². The van der Waals surface area contributed by atoms with Gasteiger partial charge in [0.25, 0.3) is 5.91 Å². The maximum atomic E-state index is 12.2. The minimum atomic E-state index is -0.430. The average Bonchev–Trinajstić information content (AvgIpc) is 2.49. The molecule has 1 heterocycles. The monoisotopic (exact) mass is 362 g/mol. The van der Waals surface area contributed by atoms with Crippen molar-refractivity contribution >= 4 is 33.5 Å². The molecule has 114 valence electrons. The maximum Gasteiger partial charge on any atom is 0.338 e. The standard InChI is InChI=1S/C16H15BrN2O3/c1-9-4-13(6-14(10(9)2)16(21)22-3)19-15(20)11-5-12(17)8-18-7-11/h4-8H,1-3H3,(H,19,20). The summed E-state index contributed by atoms with van der Waals surface area (Å²) in [6.45, 7) is 3.71. The minimum absolute atomic E-state index is 0.298. The number of halogens is 1. The quantitative estimate of drug-likeness (QED) is 0.848. The predicted octanol–water partition coefficient (Wildman–Crippen LogP) is 3.50. The molecule has 1 aromatic heterocycles. The van der Waals surface area contributed by atoms with E-state index in [2.05, 4.69) is 26.2 Å². The smallest absolute Gasteiger partial charge is 0.338 e. The summed E-state index contributed by atoms with van der Waals surface area (Å²) >= 11 is 3.27. The molecule has 6 heteroatoms. The van der Waals surface area contributed by atoms with Gasteiger partial charge in [-0.3, -0.25) is 9.78 Å². The lowest BCUT2D eigenvalue weighted by Crippen LogP contribution is -2.14. The van der Waals surface area contributed by atoms with Crippen LogP contribution < -0.4 is 5.32 Å². The highest BCUT2D eigenvalue weighted by atomic mass is 79.9. The van der Waals surface area contributed by atoms with Crippen LogP contribution in [0.1, 0.15) is 31.8 Å². The van der Waals surface area contributed by atoms with Crippen LogP contribution in [0.2, 0.25) is 0 Å². The van der Waals surface area contributed by atoms with Crippen LogP contribution in [0.4, 0.5) is 5.69 Å². The average molecular weight is 363 g/mol. The van der Waals surface area contributed by atoms with Crippen molar-refractivity contribution in [2.45, 2.75) is 13.8 Å². The molecule has 1 N–H and O–H groups in total. The van der Waals surface area contributed by atoms with Gasteiger partial charge >= 0.3 is 5.97 Å². The Labute approximate surface area is 136 Å². The number of pyridine rings is 1. The van der Waals surface area contributed by atoms with Crippen molar-refractivity contribution in [1.29, 1.82) is 0 Å². The molecule has 1 amide bonds. The molecule has 0 fully saturated rings. The minimum Gasteiger partial charge on any atom is -0.465 e. The van der Waals surface area contributed by atoms with Crippen LogP contribution in [0, 0.1) is 13.8 Å². The van der Waals surface area contributed by atoms with Gasteiger partial charge in [-0.05, 0) is 59.1 Å². The number of nitrogens with zero attached hydrogens (tertiary/aromatic N) is 1. The third-order valence-corrected chi connectivity index (χ3v) is 3.73. The number of aromatic nitrogens is 1. The molecule has 0 radical (unpaired) electrons. The summed E-state index contributed by atoms with van der Waals surface area (Å²) in [6, 6.07) is 5.09. The highest BCUT2D eigenvalue weighted by Gasteiger charge is 2.14. The van der Waals surface area contributed by atoms with Crippen LogP contribution in [0.3, 0.4) is 0 Å². The third-order valence-electron chi connectivity index (χ3n) is 3.30. The zero-order valence-electron chi connectivity index (χ0n) is 12.4. The number of amides is 1. The second-order valence-electron chi connectivity index (χ2n) is 4.80. The van der Waals surface area contributed by atoms with Crippen molar-refractivity contribution in [3.63, 3.8) is 0 Å². The first-order valence-electron chi connectivity index (χ1n) is 6.54. The lowest BCUT2D eigenvalue weighted by atomic mass is 10.0. The van der Waals surface area contributed by atoms with Gasteiger partial charge in [0.05, 0.1) is 18.2 Å². The summed E-state index contributed by atoms with van der Waals surface area (Å²) in [4.78, 5) is 28.0. The third kappa shape index (κ3) is 3.51. The molecule has 2 rings (SSSR count). The van der Waals surface area contributed by atoms with Crippen LogP contribution in [0.5, 0.6) is 0 Å². The molecule has 2 aromatic rings. The number of rotatable bonds is 3. The summed E-state index contributed by atoms with van der Waals surface area (Å²) < 4.78 is 5.48. The molecule has 0 spiro atoms. The second-order valence-corrected chi connectivity index (χ2v) is 5.72. The van der Waals surface area contributed by atoms with Crippen LogP contribution >= 0.6 is 15.9 Å². The number of methoxy groups -OCH3 is 1. The molecule has 5 nitrogen and oxygen atoms in total. The number of carbonyl (C=O) groups is 2. The van der Waals surface area contributed by atoms with Crippen molar-refractivity contribution in [3.8, 4) is 0 Å². The lowest BCUT2D eigenvalue weighted by molar-refractivity contribution is 0.0599. The van der Waals surface area contributed by atoms with Crippen LogP contribution in [0.15, 0.2) is 35.1 Å². The number of nitrogens with one attached hydrogen (secondary N) is 1. The first-order chi connectivity index (χ1) is 10.4. The van der Waals surface area contributed by atoms with E-state index in [-0.39, 0.29) is 5.91 Å². The number of benzene rings is 1. The number of hydrogen-bond acceptors (Lipinski definition) is 4.